The molecule has 0 N–H and O–H groups in total. The number of hydrogen-bond donors (Lipinski definition) is 0. The second kappa shape index (κ2) is 4.81. The number of hydrogen-bond acceptors (Lipinski definition) is 2. The van der Waals surface area contributed by atoms with Crippen molar-refractivity contribution in [3.8, 4) is 11.3 Å². The highest BCUT2D eigenvalue weighted by molar-refractivity contribution is 9.10. The normalized spacial score (nSPS) is 11.6. The van der Waals surface area contributed by atoms with Crippen molar-refractivity contribution >= 4 is 15.9 Å². The van der Waals surface area contributed by atoms with Gasteiger partial charge in [0, 0.05) is 11.0 Å². The van der Waals surface area contributed by atoms with Gasteiger partial charge in [0.25, 0.3) is 0 Å². The number of rotatable bonds is 1. The van der Waals surface area contributed by atoms with Gasteiger partial charge in [0.2, 0.25) is 0 Å². The van der Waals surface area contributed by atoms with E-state index in [2.05, 4.69) is 60.7 Å². The van der Waals surface area contributed by atoms with Crippen LogP contribution in [0.1, 0.15) is 32.2 Å². The minimum atomic E-state index is -0.0544. The van der Waals surface area contributed by atoms with Crippen molar-refractivity contribution in [2.24, 2.45) is 0 Å². The SMILES string of the molecule is Cc1ccccc1-c1cc(Br)nc(C(C)(C)C)n1. The zero-order valence-electron chi connectivity index (χ0n) is 11.2. The fraction of sp³-hybridized carbons (Fsp3) is 0.333. The second-order valence-electron chi connectivity index (χ2n) is 5.46. The van der Waals surface area contributed by atoms with Crippen LogP contribution in [0.4, 0.5) is 0 Å². The summed E-state index contributed by atoms with van der Waals surface area (Å²) in [6.07, 6.45) is 0. The minimum absolute atomic E-state index is 0.0544. The predicted octanol–water partition coefficient (Wildman–Crippen LogP) is 4.51. The van der Waals surface area contributed by atoms with Crippen LogP contribution < -0.4 is 0 Å². The van der Waals surface area contributed by atoms with Crippen molar-refractivity contribution < 1.29 is 0 Å². The van der Waals surface area contributed by atoms with Crippen molar-refractivity contribution in [2.75, 3.05) is 0 Å². The molecule has 0 bridgehead atoms. The van der Waals surface area contributed by atoms with Crippen LogP contribution >= 0.6 is 15.9 Å². The van der Waals surface area contributed by atoms with Crippen LogP contribution in [0.2, 0.25) is 0 Å². The van der Waals surface area contributed by atoms with Crippen molar-refractivity contribution in [1.82, 2.24) is 9.97 Å². The Morgan fingerprint density at radius 1 is 1.06 bits per heavy atom. The molecular formula is C15H17BrN2. The predicted molar refractivity (Wildman–Crippen MR) is 78.6 cm³/mol. The highest BCUT2D eigenvalue weighted by Gasteiger charge is 2.19. The summed E-state index contributed by atoms with van der Waals surface area (Å²) in [5.41, 5.74) is 3.30. The fourth-order valence-corrected chi connectivity index (χ4v) is 2.14. The van der Waals surface area contributed by atoms with Gasteiger partial charge in [0.15, 0.2) is 0 Å². The van der Waals surface area contributed by atoms with Crippen molar-refractivity contribution in [2.45, 2.75) is 33.1 Å². The molecule has 0 spiro atoms. The van der Waals surface area contributed by atoms with E-state index >= 15 is 0 Å². The van der Waals surface area contributed by atoms with Gasteiger partial charge < -0.3 is 0 Å². The molecule has 1 aromatic heterocycles. The van der Waals surface area contributed by atoms with Gasteiger partial charge in [0.05, 0.1) is 5.69 Å². The largest absolute Gasteiger partial charge is 0.232 e. The number of aromatic nitrogens is 2. The van der Waals surface area contributed by atoms with E-state index in [9.17, 15) is 0 Å². The smallest absolute Gasteiger partial charge is 0.135 e. The number of halogens is 1. The average molecular weight is 305 g/mol. The summed E-state index contributed by atoms with van der Waals surface area (Å²) in [4.78, 5) is 9.16. The van der Waals surface area contributed by atoms with Crippen LogP contribution in [-0.4, -0.2) is 9.97 Å². The molecule has 0 radical (unpaired) electrons. The van der Waals surface area contributed by atoms with E-state index in [4.69, 9.17) is 4.98 Å². The standard InChI is InChI=1S/C15H17BrN2/c1-10-7-5-6-8-11(10)12-9-13(16)18-14(17-12)15(2,3)4/h5-9H,1-4H3. The molecule has 0 aliphatic carbocycles. The van der Waals surface area contributed by atoms with Gasteiger partial charge in [-0.15, -0.1) is 0 Å². The van der Waals surface area contributed by atoms with Crippen LogP contribution in [0.15, 0.2) is 34.9 Å². The molecule has 0 unspecified atom stereocenters. The van der Waals surface area contributed by atoms with E-state index in [-0.39, 0.29) is 5.41 Å². The molecule has 0 atom stereocenters. The quantitative estimate of drug-likeness (QED) is 0.724. The Balaban J connectivity index is 2.60. The molecule has 0 fully saturated rings. The molecule has 2 rings (SSSR count). The summed E-state index contributed by atoms with van der Waals surface area (Å²) >= 11 is 3.48. The van der Waals surface area contributed by atoms with Crippen LogP contribution in [0, 0.1) is 6.92 Å². The molecule has 0 aliphatic heterocycles. The van der Waals surface area contributed by atoms with E-state index in [0.717, 1.165) is 21.7 Å². The lowest BCUT2D eigenvalue weighted by Gasteiger charge is -2.18. The molecule has 94 valence electrons. The number of benzene rings is 1. The first kappa shape index (κ1) is 13.2. The Morgan fingerprint density at radius 2 is 1.72 bits per heavy atom. The number of nitrogens with zero attached hydrogens (tertiary/aromatic N) is 2. The first-order chi connectivity index (χ1) is 8.38. The van der Waals surface area contributed by atoms with E-state index in [0.29, 0.717) is 0 Å². The maximum atomic E-state index is 4.69. The Hall–Kier alpha value is -1.22. The van der Waals surface area contributed by atoms with Crippen molar-refractivity contribution in [3.63, 3.8) is 0 Å². The maximum absolute atomic E-state index is 4.69. The molecule has 2 aromatic rings. The van der Waals surface area contributed by atoms with E-state index in [1.54, 1.807) is 0 Å². The molecule has 1 aromatic carbocycles. The Kier molecular flexibility index (Phi) is 3.53. The van der Waals surface area contributed by atoms with Gasteiger partial charge in [-0.1, -0.05) is 45.0 Å². The maximum Gasteiger partial charge on any atom is 0.135 e. The highest BCUT2D eigenvalue weighted by atomic mass is 79.9. The molecule has 0 saturated heterocycles. The van der Waals surface area contributed by atoms with Gasteiger partial charge in [-0.2, -0.15) is 0 Å². The lowest BCUT2D eigenvalue weighted by atomic mass is 9.95. The summed E-state index contributed by atoms with van der Waals surface area (Å²) < 4.78 is 0.834. The third-order valence-corrected chi connectivity index (χ3v) is 3.19. The summed E-state index contributed by atoms with van der Waals surface area (Å²) in [6.45, 7) is 8.46. The number of aryl methyl sites for hydroxylation is 1. The molecular weight excluding hydrogens is 288 g/mol. The topological polar surface area (TPSA) is 25.8 Å². The van der Waals surface area contributed by atoms with Gasteiger partial charge >= 0.3 is 0 Å². The van der Waals surface area contributed by atoms with Crippen LogP contribution in [0.3, 0.4) is 0 Å². The van der Waals surface area contributed by atoms with E-state index < -0.39 is 0 Å². The first-order valence-electron chi connectivity index (χ1n) is 5.99. The Labute approximate surface area is 117 Å². The van der Waals surface area contributed by atoms with Gasteiger partial charge in [-0.05, 0) is 34.5 Å². The lowest BCUT2D eigenvalue weighted by Crippen LogP contribution is -2.16. The third kappa shape index (κ3) is 2.78. The molecule has 0 aliphatic rings. The molecule has 18 heavy (non-hydrogen) atoms. The van der Waals surface area contributed by atoms with Crippen molar-refractivity contribution in [3.05, 3.63) is 46.3 Å². The minimum Gasteiger partial charge on any atom is -0.232 e. The van der Waals surface area contributed by atoms with Crippen LogP contribution in [0.25, 0.3) is 11.3 Å². The zero-order chi connectivity index (χ0) is 13.3. The zero-order valence-corrected chi connectivity index (χ0v) is 12.7. The second-order valence-corrected chi connectivity index (χ2v) is 6.28. The average Bonchev–Trinajstić information content (AvgIpc) is 2.27. The van der Waals surface area contributed by atoms with Gasteiger partial charge in [0.1, 0.15) is 10.4 Å². The van der Waals surface area contributed by atoms with Crippen LogP contribution in [0.5, 0.6) is 0 Å². The summed E-state index contributed by atoms with van der Waals surface area (Å²) in [5.74, 6) is 0.857. The molecule has 1 heterocycles. The first-order valence-corrected chi connectivity index (χ1v) is 6.78. The molecule has 2 nitrogen and oxygen atoms in total. The highest BCUT2D eigenvalue weighted by Crippen LogP contribution is 2.27. The molecule has 0 amide bonds. The summed E-state index contributed by atoms with van der Waals surface area (Å²) in [7, 11) is 0. The summed E-state index contributed by atoms with van der Waals surface area (Å²) in [6, 6.07) is 10.2. The molecule has 3 heteroatoms. The summed E-state index contributed by atoms with van der Waals surface area (Å²) in [5, 5.41) is 0. The van der Waals surface area contributed by atoms with Gasteiger partial charge in [-0.3, -0.25) is 0 Å². The Morgan fingerprint density at radius 3 is 2.33 bits per heavy atom. The van der Waals surface area contributed by atoms with Crippen molar-refractivity contribution in [1.29, 1.82) is 0 Å². The van der Waals surface area contributed by atoms with E-state index in [1.807, 2.05) is 18.2 Å². The fourth-order valence-electron chi connectivity index (χ4n) is 1.75. The Bertz CT molecular complexity index is 571. The van der Waals surface area contributed by atoms with Gasteiger partial charge in [-0.25, -0.2) is 9.97 Å². The monoisotopic (exact) mass is 304 g/mol. The van der Waals surface area contributed by atoms with E-state index in [1.165, 1.54) is 5.56 Å². The molecule has 0 saturated carbocycles. The van der Waals surface area contributed by atoms with Crippen LogP contribution in [-0.2, 0) is 5.41 Å². The third-order valence-electron chi connectivity index (χ3n) is 2.79. The lowest BCUT2D eigenvalue weighted by molar-refractivity contribution is 0.544.